The third kappa shape index (κ3) is 2.89. The first kappa shape index (κ1) is 16.4. The molecule has 0 N–H and O–H groups in total. The van der Waals surface area contributed by atoms with E-state index in [1.165, 1.54) is 12.1 Å². The molecule has 0 unspecified atom stereocenters. The Labute approximate surface area is 149 Å². The molecule has 0 fully saturated rings. The Balaban J connectivity index is 1.89. The average Bonchev–Trinajstić information content (AvgIpc) is 2.93. The van der Waals surface area contributed by atoms with Crippen LogP contribution >= 0.6 is 15.9 Å². The van der Waals surface area contributed by atoms with Crippen molar-refractivity contribution in [3.05, 3.63) is 58.1 Å². The van der Waals surface area contributed by atoms with Crippen LogP contribution in [0, 0.1) is 5.82 Å². The molecular formula is C17H12BrF3N2O2. The van der Waals surface area contributed by atoms with E-state index in [0.29, 0.717) is 26.9 Å². The van der Waals surface area contributed by atoms with Crippen molar-refractivity contribution in [3.63, 3.8) is 0 Å². The largest absolute Gasteiger partial charge is 0.434 e. The summed E-state index contributed by atoms with van der Waals surface area (Å²) < 4.78 is 51.7. The van der Waals surface area contributed by atoms with Crippen molar-refractivity contribution in [2.24, 2.45) is 0 Å². The third-order valence-corrected chi connectivity index (χ3v) is 4.72. The molecule has 8 heteroatoms. The van der Waals surface area contributed by atoms with E-state index in [9.17, 15) is 13.2 Å². The van der Waals surface area contributed by atoms with E-state index in [2.05, 4.69) is 25.7 Å². The fraction of sp³-hybridized carbons (Fsp3) is 0.235. The van der Waals surface area contributed by atoms with Gasteiger partial charge in [-0.15, -0.1) is 0 Å². The Bertz CT molecular complexity index is 945. The lowest BCUT2D eigenvalue weighted by molar-refractivity contribution is -0.0512. The number of ether oxygens (including phenoxy) is 2. The molecule has 25 heavy (non-hydrogen) atoms. The van der Waals surface area contributed by atoms with Crippen molar-refractivity contribution in [1.29, 1.82) is 0 Å². The molecule has 1 aliphatic heterocycles. The van der Waals surface area contributed by atoms with E-state index in [0.717, 1.165) is 0 Å². The standard InChI is InChI=1S/C17H12BrF3N2O2/c18-10-5-13-12(6-11(10)19)22-16-8-24-7-14(23(13)16)9-3-1-2-4-15(9)25-17(20)21/h1-6,14,17H,7-8H2/t14-/m1/s1. The van der Waals surface area contributed by atoms with Gasteiger partial charge >= 0.3 is 6.61 Å². The SMILES string of the molecule is Fc1cc2nc3n(c2cc1Br)[C@@H](c1ccccc1OC(F)F)COC3. The highest BCUT2D eigenvalue weighted by Gasteiger charge is 2.28. The van der Waals surface area contributed by atoms with Gasteiger partial charge < -0.3 is 14.0 Å². The van der Waals surface area contributed by atoms with Crippen LogP contribution < -0.4 is 4.74 Å². The van der Waals surface area contributed by atoms with Gasteiger partial charge in [0.2, 0.25) is 0 Å². The number of hydrogen-bond donors (Lipinski definition) is 0. The van der Waals surface area contributed by atoms with E-state index < -0.39 is 18.5 Å². The van der Waals surface area contributed by atoms with Gasteiger partial charge in [-0.1, -0.05) is 18.2 Å². The molecule has 2 heterocycles. The highest BCUT2D eigenvalue weighted by molar-refractivity contribution is 9.10. The summed E-state index contributed by atoms with van der Waals surface area (Å²) in [5.74, 6) is 0.277. The van der Waals surface area contributed by atoms with Gasteiger partial charge in [-0.05, 0) is 28.1 Å². The van der Waals surface area contributed by atoms with Crippen molar-refractivity contribution in [1.82, 2.24) is 9.55 Å². The summed E-state index contributed by atoms with van der Waals surface area (Å²) in [4.78, 5) is 4.41. The molecule has 0 aliphatic carbocycles. The van der Waals surface area contributed by atoms with Crippen LogP contribution in [-0.2, 0) is 11.3 Å². The molecule has 2 aromatic carbocycles. The Hall–Kier alpha value is -2.06. The van der Waals surface area contributed by atoms with Crippen LogP contribution in [0.15, 0.2) is 40.9 Å². The maximum atomic E-state index is 13.8. The first-order valence-corrected chi connectivity index (χ1v) is 8.31. The van der Waals surface area contributed by atoms with Gasteiger partial charge in [-0.3, -0.25) is 0 Å². The molecule has 0 bridgehead atoms. The van der Waals surface area contributed by atoms with Gasteiger partial charge in [-0.2, -0.15) is 8.78 Å². The van der Waals surface area contributed by atoms with Crippen LogP contribution in [0.3, 0.4) is 0 Å². The smallest absolute Gasteiger partial charge is 0.387 e. The number of hydrogen-bond acceptors (Lipinski definition) is 3. The molecule has 1 aliphatic rings. The van der Waals surface area contributed by atoms with Crippen molar-refractivity contribution < 1.29 is 22.6 Å². The minimum Gasteiger partial charge on any atom is -0.434 e. The number of rotatable bonds is 3. The highest BCUT2D eigenvalue weighted by atomic mass is 79.9. The topological polar surface area (TPSA) is 36.3 Å². The second kappa shape index (κ2) is 6.34. The average molecular weight is 413 g/mol. The molecule has 0 spiro atoms. The van der Waals surface area contributed by atoms with Crippen LogP contribution in [-0.4, -0.2) is 22.8 Å². The Morgan fingerprint density at radius 2 is 2.08 bits per heavy atom. The van der Waals surface area contributed by atoms with Crippen LogP contribution in [0.1, 0.15) is 17.4 Å². The first-order chi connectivity index (χ1) is 12.0. The van der Waals surface area contributed by atoms with E-state index in [4.69, 9.17) is 4.74 Å². The summed E-state index contributed by atoms with van der Waals surface area (Å²) in [6.45, 7) is -2.38. The van der Waals surface area contributed by atoms with Gasteiger partial charge in [0.25, 0.3) is 0 Å². The zero-order valence-electron chi connectivity index (χ0n) is 12.8. The van der Waals surface area contributed by atoms with Crippen molar-refractivity contribution >= 4 is 27.0 Å². The lowest BCUT2D eigenvalue weighted by Gasteiger charge is -2.28. The lowest BCUT2D eigenvalue weighted by atomic mass is 10.0. The van der Waals surface area contributed by atoms with Crippen LogP contribution in [0.5, 0.6) is 5.75 Å². The first-order valence-electron chi connectivity index (χ1n) is 7.52. The van der Waals surface area contributed by atoms with Crippen LogP contribution in [0.25, 0.3) is 11.0 Å². The number of para-hydroxylation sites is 1. The molecule has 0 radical (unpaired) electrons. The predicted molar refractivity (Wildman–Crippen MR) is 88.3 cm³/mol. The summed E-state index contributed by atoms with van der Waals surface area (Å²) in [6, 6.07) is 9.15. The lowest BCUT2D eigenvalue weighted by Crippen LogP contribution is -2.25. The number of aromatic nitrogens is 2. The number of halogens is 4. The fourth-order valence-electron chi connectivity index (χ4n) is 3.11. The summed E-state index contributed by atoms with van der Waals surface area (Å²) in [5, 5.41) is 0. The van der Waals surface area contributed by atoms with Crippen LogP contribution in [0.2, 0.25) is 0 Å². The maximum absolute atomic E-state index is 13.8. The zero-order chi connectivity index (χ0) is 17.6. The normalized spacial score (nSPS) is 17.1. The summed E-state index contributed by atoms with van der Waals surface area (Å²) in [6.07, 6.45) is 0. The molecule has 4 nitrogen and oxygen atoms in total. The summed E-state index contributed by atoms with van der Waals surface area (Å²) in [7, 11) is 0. The molecule has 4 rings (SSSR count). The summed E-state index contributed by atoms with van der Waals surface area (Å²) in [5.41, 5.74) is 1.74. The van der Waals surface area contributed by atoms with E-state index in [-0.39, 0.29) is 19.0 Å². The van der Waals surface area contributed by atoms with Gasteiger partial charge in [0, 0.05) is 11.6 Å². The highest BCUT2D eigenvalue weighted by Crippen LogP contribution is 2.36. The van der Waals surface area contributed by atoms with Gasteiger partial charge in [0.05, 0.1) is 28.2 Å². The molecule has 3 aromatic rings. The van der Waals surface area contributed by atoms with Gasteiger partial charge in [0.15, 0.2) is 0 Å². The predicted octanol–water partition coefficient (Wildman–Crippen LogP) is 4.66. The van der Waals surface area contributed by atoms with E-state index in [1.807, 2.05) is 4.57 Å². The number of benzene rings is 2. The second-order valence-electron chi connectivity index (χ2n) is 5.60. The summed E-state index contributed by atoms with van der Waals surface area (Å²) >= 11 is 3.18. The molecule has 0 amide bonds. The number of nitrogens with zero attached hydrogens (tertiary/aromatic N) is 2. The third-order valence-electron chi connectivity index (χ3n) is 4.12. The number of alkyl halides is 2. The monoisotopic (exact) mass is 412 g/mol. The molecular weight excluding hydrogens is 401 g/mol. The molecule has 1 atom stereocenters. The zero-order valence-corrected chi connectivity index (χ0v) is 14.3. The molecule has 130 valence electrons. The molecule has 1 aromatic heterocycles. The van der Waals surface area contributed by atoms with Gasteiger partial charge in [0.1, 0.15) is 24.0 Å². The quantitative estimate of drug-likeness (QED) is 0.627. The van der Waals surface area contributed by atoms with E-state index >= 15 is 0 Å². The Morgan fingerprint density at radius 1 is 1.28 bits per heavy atom. The molecule has 0 saturated heterocycles. The minimum absolute atomic E-state index is 0.0852. The van der Waals surface area contributed by atoms with Crippen molar-refractivity contribution in [2.75, 3.05) is 6.61 Å². The number of fused-ring (bicyclic) bond motifs is 3. The van der Waals surface area contributed by atoms with Crippen molar-refractivity contribution in [2.45, 2.75) is 19.3 Å². The van der Waals surface area contributed by atoms with E-state index in [1.54, 1.807) is 24.3 Å². The number of imidazole rings is 1. The van der Waals surface area contributed by atoms with Crippen LogP contribution in [0.4, 0.5) is 13.2 Å². The molecule has 0 saturated carbocycles. The fourth-order valence-corrected chi connectivity index (χ4v) is 3.45. The maximum Gasteiger partial charge on any atom is 0.387 e. The Kier molecular flexibility index (Phi) is 4.16. The Morgan fingerprint density at radius 3 is 2.88 bits per heavy atom. The minimum atomic E-state index is -2.92. The van der Waals surface area contributed by atoms with Gasteiger partial charge in [-0.25, -0.2) is 9.37 Å². The van der Waals surface area contributed by atoms with Crippen molar-refractivity contribution in [3.8, 4) is 5.75 Å². The second-order valence-corrected chi connectivity index (χ2v) is 6.45.